The summed E-state index contributed by atoms with van der Waals surface area (Å²) in [5.74, 6) is 0.834. The number of methoxy groups -OCH3 is 1. The van der Waals surface area contributed by atoms with Gasteiger partial charge in [0, 0.05) is 36.1 Å². The summed E-state index contributed by atoms with van der Waals surface area (Å²) in [5.41, 5.74) is 2.52. The van der Waals surface area contributed by atoms with Crippen LogP contribution in [0.1, 0.15) is 17.0 Å². The van der Waals surface area contributed by atoms with Crippen molar-refractivity contribution in [3.63, 3.8) is 0 Å². The molecule has 0 amide bonds. The van der Waals surface area contributed by atoms with E-state index in [9.17, 15) is 0 Å². The number of aryl methyl sites for hydroxylation is 1. The highest BCUT2D eigenvalue weighted by Crippen LogP contribution is 2.18. The molecular weight excluding hydrogens is 326 g/mol. The second-order valence-corrected chi connectivity index (χ2v) is 5.85. The van der Waals surface area contributed by atoms with Crippen molar-refractivity contribution in [1.82, 2.24) is 9.36 Å². The molecule has 0 saturated carbocycles. The van der Waals surface area contributed by atoms with Crippen molar-refractivity contribution in [1.29, 1.82) is 0 Å². The second-order valence-electron chi connectivity index (χ2n) is 4.18. The van der Waals surface area contributed by atoms with Gasteiger partial charge >= 0.3 is 0 Å². The van der Waals surface area contributed by atoms with Crippen molar-refractivity contribution in [2.75, 3.05) is 19.0 Å². The van der Waals surface area contributed by atoms with Crippen molar-refractivity contribution in [3.05, 3.63) is 39.6 Å². The lowest BCUT2D eigenvalue weighted by Crippen LogP contribution is -2.02. The van der Waals surface area contributed by atoms with Gasteiger partial charge in [-0.25, -0.2) is 4.98 Å². The highest BCUT2D eigenvalue weighted by Gasteiger charge is 2.05. The molecule has 2 rings (SSSR count). The molecule has 0 aliphatic heterocycles. The number of benzene rings is 1. The van der Waals surface area contributed by atoms with Gasteiger partial charge in [-0.15, -0.1) is 0 Å². The molecule has 0 spiro atoms. The quantitative estimate of drug-likeness (QED) is 0.874. The molecule has 6 heteroatoms. The number of rotatable bonds is 6. The molecule has 0 radical (unpaired) electrons. The summed E-state index contributed by atoms with van der Waals surface area (Å²) < 4.78 is 10.4. The van der Waals surface area contributed by atoms with Crippen LogP contribution in [0.2, 0.25) is 0 Å². The Labute approximate surface area is 125 Å². The molecule has 1 aromatic heterocycles. The van der Waals surface area contributed by atoms with Gasteiger partial charge in [0.05, 0.1) is 6.61 Å². The van der Waals surface area contributed by atoms with Gasteiger partial charge < -0.3 is 10.1 Å². The number of anilines is 1. The number of hydrogen-bond donors (Lipinski definition) is 1. The molecule has 102 valence electrons. The summed E-state index contributed by atoms with van der Waals surface area (Å²) >= 11 is 4.88. The standard InChI is InChI=1S/C13H16BrN3OS/c1-9-3-4-11(14)7-10(9)8-15-13-16-12(17-19-13)5-6-18-2/h3-4,7H,5-6,8H2,1-2H3,(H,15,16,17). The molecule has 0 aliphatic carbocycles. The molecule has 0 atom stereocenters. The number of hydrogen-bond acceptors (Lipinski definition) is 5. The van der Waals surface area contributed by atoms with E-state index in [1.807, 2.05) is 6.07 Å². The number of aromatic nitrogens is 2. The lowest BCUT2D eigenvalue weighted by Gasteiger charge is -2.06. The maximum atomic E-state index is 5.01. The van der Waals surface area contributed by atoms with E-state index in [2.05, 4.69) is 49.7 Å². The minimum absolute atomic E-state index is 0.654. The van der Waals surface area contributed by atoms with Crippen molar-refractivity contribution in [3.8, 4) is 0 Å². The number of nitrogens with one attached hydrogen (secondary N) is 1. The predicted molar refractivity (Wildman–Crippen MR) is 81.7 cm³/mol. The van der Waals surface area contributed by atoms with Gasteiger partial charge in [0.1, 0.15) is 5.82 Å². The van der Waals surface area contributed by atoms with Gasteiger partial charge in [-0.2, -0.15) is 4.37 Å². The van der Waals surface area contributed by atoms with Crippen molar-refractivity contribution in [2.24, 2.45) is 0 Å². The Bertz CT molecular complexity index is 544. The van der Waals surface area contributed by atoms with Crippen molar-refractivity contribution < 1.29 is 4.74 Å². The molecule has 0 saturated heterocycles. The summed E-state index contributed by atoms with van der Waals surface area (Å²) in [4.78, 5) is 4.42. The van der Waals surface area contributed by atoms with E-state index in [1.54, 1.807) is 7.11 Å². The zero-order chi connectivity index (χ0) is 13.7. The zero-order valence-electron chi connectivity index (χ0n) is 10.9. The Morgan fingerprint density at radius 3 is 3.05 bits per heavy atom. The third kappa shape index (κ3) is 4.26. The first-order valence-corrected chi connectivity index (χ1v) is 7.56. The fourth-order valence-corrected chi connectivity index (χ4v) is 2.64. The van der Waals surface area contributed by atoms with E-state index >= 15 is 0 Å². The van der Waals surface area contributed by atoms with E-state index in [0.29, 0.717) is 6.61 Å². The molecule has 0 aliphatic rings. The summed E-state index contributed by atoms with van der Waals surface area (Å²) in [6.45, 7) is 3.51. The maximum Gasteiger partial charge on any atom is 0.202 e. The van der Waals surface area contributed by atoms with E-state index in [4.69, 9.17) is 4.74 Å². The SMILES string of the molecule is COCCc1nsc(NCc2cc(Br)ccc2C)n1. The Kier molecular flexibility index (Phi) is 5.30. The van der Waals surface area contributed by atoms with Crippen LogP contribution < -0.4 is 5.32 Å². The molecule has 0 unspecified atom stereocenters. The normalized spacial score (nSPS) is 10.7. The second kappa shape index (κ2) is 6.98. The van der Waals surface area contributed by atoms with Crippen LogP contribution in [0, 0.1) is 6.92 Å². The highest BCUT2D eigenvalue weighted by atomic mass is 79.9. The minimum Gasteiger partial charge on any atom is -0.384 e. The van der Waals surface area contributed by atoms with Crippen LogP contribution >= 0.6 is 27.5 Å². The molecule has 2 aromatic rings. The largest absolute Gasteiger partial charge is 0.384 e. The van der Waals surface area contributed by atoms with Crippen LogP contribution in [0.5, 0.6) is 0 Å². The Morgan fingerprint density at radius 1 is 1.42 bits per heavy atom. The molecule has 0 fully saturated rings. The number of halogens is 1. The van der Waals surface area contributed by atoms with Crippen LogP contribution in [0.15, 0.2) is 22.7 Å². The summed E-state index contributed by atoms with van der Waals surface area (Å²) in [5, 5.41) is 4.16. The average molecular weight is 342 g/mol. The first-order chi connectivity index (χ1) is 9.19. The fourth-order valence-electron chi connectivity index (χ4n) is 1.62. The lowest BCUT2D eigenvalue weighted by molar-refractivity contribution is 0.201. The molecule has 1 heterocycles. The van der Waals surface area contributed by atoms with Gasteiger partial charge in [-0.1, -0.05) is 22.0 Å². The Balaban J connectivity index is 1.94. The van der Waals surface area contributed by atoms with E-state index < -0.39 is 0 Å². The number of ether oxygens (including phenoxy) is 1. The fraction of sp³-hybridized carbons (Fsp3) is 0.385. The van der Waals surface area contributed by atoms with Gasteiger partial charge in [-0.05, 0) is 30.2 Å². The highest BCUT2D eigenvalue weighted by molar-refractivity contribution is 9.10. The van der Waals surface area contributed by atoms with Crippen molar-refractivity contribution >= 4 is 32.6 Å². The Hall–Kier alpha value is -0.980. The van der Waals surface area contributed by atoms with Crippen molar-refractivity contribution in [2.45, 2.75) is 19.9 Å². The van der Waals surface area contributed by atoms with Gasteiger partial charge in [0.2, 0.25) is 5.13 Å². The lowest BCUT2D eigenvalue weighted by atomic mass is 10.1. The van der Waals surface area contributed by atoms with Crippen LogP contribution in [-0.2, 0) is 17.7 Å². The number of nitrogens with zero attached hydrogens (tertiary/aromatic N) is 2. The third-order valence-electron chi connectivity index (χ3n) is 2.74. The molecule has 1 N–H and O–H groups in total. The topological polar surface area (TPSA) is 47.0 Å². The van der Waals surface area contributed by atoms with Crippen LogP contribution in [0.25, 0.3) is 0 Å². The summed E-state index contributed by atoms with van der Waals surface area (Å²) in [7, 11) is 1.68. The van der Waals surface area contributed by atoms with Crippen LogP contribution in [0.3, 0.4) is 0 Å². The molecule has 19 heavy (non-hydrogen) atoms. The maximum absolute atomic E-state index is 5.01. The first kappa shape index (κ1) is 14.4. The van der Waals surface area contributed by atoms with Crippen LogP contribution in [0.4, 0.5) is 5.13 Å². The molecule has 1 aromatic carbocycles. The van der Waals surface area contributed by atoms with Gasteiger partial charge in [0.25, 0.3) is 0 Å². The predicted octanol–water partition coefficient (Wildman–Crippen LogP) is 3.41. The molecule has 4 nitrogen and oxygen atoms in total. The van der Waals surface area contributed by atoms with E-state index in [-0.39, 0.29) is 0 Å². The Morgan fingerprint density at radius 2 is 2.26 bits per heavy atom. The summed E-state index contributed by atoms with van der Waals surface area (Å²) in [6.07, 6.45) is 0.755. The monoisotopic (exact) mass is 341 g/mol. The molecule has 0 bridgehead atoms. The van der Waals surface area contributed by atoms with E-state index in [0.717, 1.165) is 28.4 Å². The average Bonchev–Trinajstić information content (AvgIpc) is 2.85. The molecular formula is C13H16BrN3OS. The first-order valence-electron chi connectivity index (χ1n) is 5.99. The smallest absolute Gasteiger partial charge is 0.202 e. The summed E-state index contributed by atoms with van der Waals surface area (Å²) in [6, 6.07) is 6.27. The minimum atomic E-state index is 0.654. The van der Waals surface area contributed by atoms with E-state index in [1.165, 1.54) is 22.7 Å². The van der Waals surface area contributed by atoms with Crippen LogP contribution in [-0.4, -0.2) is 23.1 Å². The zero-order valence-corrected chi connectivity index (χ0v) is 13.3. The third-order valence-corrected chi connectivity index (χ3v) is 3.94. The van der Waals surface area contributed by atoms with Gasteiger partial charge in [-0.3, -0.25) is 0 Å². The van der Waals surface area contributed by atoms with Gasteiger partial charge in [0.15, 0.2) is 0 Å².